The van der Waals surface area contributed by atoms with Crippen molar-refractivity contribution in [2.24, 2.45) is 0 Å². The summed E-state index contributed by atoms with van der Waals surface area (Å²) in [5.74, 6) is 1.94. The van der Waals surface area contributed by atoms with Gasteiger partial charge in [-0.15, -0.1) is 0 Å². The van der Waals surface area contributed by atoms with Crippen LogP contribution in [-0.4, -0.2) is 18.5 Å². The van der Waals surface area contributed by atoms with Gasteiger partial charge in [0.1, 0.15) is 11.5 Å². The number of benzene rings is 3. The van der Waals surface area contributed by atoms with Gasteiger partial charge in [0, 0.05) is 5.33 Å². The zero-order chi connectivity index (χ0) is 33.0. The minimum atomic E-state index is 0.809. The molecule has 0 saturated carbocycles. The minimum absolute atomic E-state index is 0.809. The van der Waals surface area contributed by atoms with Crippen LogP contribution in [0.5, 0.6) is 11.5 Å². The first-order valence-electron chi connectivity index (χ1n) is 19.4. The lowest BCUT2D eigenvalue weighted by atomic mass is 10.0. The van der Waals surface area contributed by atoms with Crippen LogP contribution >= 0.6 is 15.9 Å². The Morgan fingerprint density at radius 2 is 0.596 bits per heavy atom. The molecule has 0 heterocycles. The second-order valence-electron chi connectivity index (χ2n) is 13.4. The summed E-state index contributed by atoms with van der Waals surface area (Å²) in [5, 5.41) is 1.15. The fraction of sp³-hybridized carbons (Fsp3) is 0.591. The molecule has 0 saturated heterocycles. The zero-order valence-electron chi connectivity index (χ0n) is 29.8. The largest absolute Gasteiger partial charge is 0.494 e. The van der Waals surface area contributed by atoms with Crippen LogP contribution in [0, 0.1) is 0 Å². The first-order valence-corrected chi connectivity index (χ1v) is 20.5. The highest BCUT2D eigenvalue weighted by atomic mass is 79.9. The quantitative estimate of drug-likeness (QED) is 0.0529. The summed E-state index contributed by atoms with van der Waals surface area (Å²) in [7, 11) is 0. The van der Waals surface area contributed by atoms with Gasteiger partial charge in [0.2, 0.25) is 0 Å². The molecule has 260 valence electrons. The topological polar surface area (TPSA) is 18.5 Å². The summed E-state index contributed by atoms with van der Waals surface area (Å²) < 4.78 is 12.1. The van der Waals surface area contributed by atoms with E-state index >= 15 is 0 Å². The monoisotopic (exact) mass is 704 g/mol. The van der Waals surface area contributed by atoms with Gasteiger partial charge >= 0.3 is 0 Å². The predicted molar refractivity (Wildman–Crippen MR) is 209 cm³/mol. The van der Waals surface area contributed by atoms with Crippen molar-refractivity contribution in [3.63, 3.8) is 0 Å². The first-order chi connectivity index (χ1) is 23.3. The molecule has 0 fully saturated rings. The van der Waals surface area contributed by atoms with Gasteiger partial charge in [-0.2, -0.15) is 0 Å². The van der Waals surface area contributed by atoms with Gasteiger partial charge in [-0.3, -0.25) is 0 Å². The standard InChI is InChI=1S/C44H65BrO2/c1-2-3-4-5-6-7-8-10-13-16-19-22-37-46-43-32-28-41(29-33-43)39-24-26-40(27-25-39)42-30-34-44(35-31-42)47-38-23-20-17-14-11-9-12-15-18-21-36-45/h24-35H,2-23,36-38H2,1H3. The van der Waals surface area contributed by atoms with Crippen molar-refractivity contribution in [2.45, 2.75) is 148 Å². The number of unbranched alkanes of at least 4 members (excludes halogenated alkanes) is 20. The van der Waals surface area contributed by atoms with Gasteiger partial charge < -0.3 is 9.47 Å². The van der Waals surface area contributed by atoms with Crippen molar-refractivity contribution in [2.75, 3.05) is 18.5 Å². The van der Waals surface area contributed by atoms with E-state index in [0.29, 0.717) is 0 Å². The van der Waals surface area contributed by atoms with Crippen LogP contribution < -0.4 is 9.47 Å². The van der Waals surface area contributed by atoms with Crippen LogP contribution in [0.3, 0.4) is 0 Å². The lowest BCUT2D eigenvalue weighted by Crippen LogP contribution is -1.97. The minimum Gasteiger partial charge on any atom is -0.494 e. The Labute approximate surface area is 297 Å². The van der Waals surface area contributed by atoms with E-state index in [0.717, 1.165) is 42.9 Å². The maximum absolute atomic E-state index is 6.03. The lowest BCUT2D eigenvalue weighted by molar-refractivity contribution is 0.304. The SMILES string of the molecule is CCCCCCCCCCCCCCOc1ccc(-c2ccc(-c3ccc(OCCCCCCCCCCCCBr)cc3)cc2)cc1. The van der Waals surface area contributed by atoms with E-state index in [-0.39, 0.29) is 0 Å². The van der Waals surface area contributed by atoms with Gasteiger partial charge in [0.05, 0.1) is 13.2 Å². The van der Waals surface area contributed by atoms with Gasteiger partial charge in [-0.05, 0) is 65.8 Å². The molecule has 0 bridgehead atoms. The maximum atomic E-state index is 6.03. The number of hydrogen-bond acceptors (Lipinski definition) is 2. The molecule has 3 aromatic rings. The summed E-state index contributed by atoms with van der Waals surface area (Å²) in [6.07, 6.45) is 29.8. The fourth-order valence-corrected chi connectivity index (χ4v) is 6.67. The molecule has 3 heteroatoms. The van der Waals surface area contributed by atoms with E-state index < -0.39 is 0 Å². The number of halogens is 1. The lowest BCUT2D eigenvalue weighted by Gasteiger charge is -2.09. The molecule has 3 rings (SSSR count). The summed E-state index contributed by atoms with van der Waals surface area (Å²) in [4.78, 5) is 0. The summed E-state index contributed by atoms with van der Waals surface area (Å²) >= 11 is 3.51. The summed E-state index contributed by atoms with van der Waals surface area (Å²) in [6, 6.07) is 26.0. The third-order valence-corrected chi connectivity index (χ3v) is 9.88. The van der Waals surface area contributed by atoms with E-state index in [2.05, 4.69) is 95.7 Å². The van der Waals surface area contributed by atoms with E-state index in [4.69, 9.17) is 9.47 Å². The van der Waals surface area contributed by atoms with Gasteiger partial charge in [0.15, 0.2) is 0 Å². The van der Waals surface area contributed by atoms with E-state index in [1.807, 2.05) is 0 Å². The molecule has 3 aromatic carbocycles. The van der Waals surface area contributed by atoms with Crippen molar-refractivity contribution < 1.29 is 9.47 Å². The third kappa shape index (κ3) is 18.2. The predicted octanol–water partition coefficient (Wildman–Crippen LogP) is 14.8. The molecule has 0 aromatic heterocycles. The van der Waals surface area contributed by atoms with Crippen molar-refractivity contribution in [1.29, 1.82) is 0 Å². The van der Waals surface area contributed by atoms with Crippen LogP contribution in [-0.2, 0) is 0 Å². The second kappa shape index (κ2) is 26.7. The fourth-order valence-electron chi connectivity index (χ4n) is 6.28. The molecule has 0 amide bonds. The van der Waals surface area contributed by atoms with Crippen LogP contribution in [0.15, 0.2) is 72.8 Å². The highest BCUT2D eigenvalue weighted by Gasteiger charge is 2.03. The zero-order valence-corrected chi connectivity index (χ0v) is 31.4. The van der Waals surface area contributed by atoms with Crippen molar-refractivity contribution >= 4 is 15.9 Å². The smallest absolute Gasteiger partial charge is 0.119 e. The Balaban J connectivity index is 1.24. The van der Waals surface area contributed by atoms with E-state index in [9.17, 15) is 0 Å². The van der Waals surface area contributed by atoms with Crippen molar-refractivity contribution in [3.8, 4) is 33.8 Å². The molecule has 0 N–H and O–H groups in total. The van der Waals surface area contributed by atoms with Crippen LogP contribution in [0.4, 0.5) is 0 Å². The van der Waals surface area contributed by atoms with Crippen LogP contribution in [0.25, 0.3) is 22.3 Å². The molecular formula is C44H65BrO2. The highest BCUT2D eigenvalue weighted by Crippen LogP contribution is 2.28. The Morgan fingerprint density at radius 1 is 0.340 bits per heavy atom. The van der Waals surface area contributed by atoms with Gasteiger partial charge in [-0.25, -0.2) is 0 Å². The average Bonchev–Trinajstić information content (AvgIpc) is 3.11. The van der Waals surface area contributed by atoms with Crippen LogP contribution in [0.2, 0.25) is 0 Å². The average molecular weight is 706 g/mol. The molecule has 47 heavy (non-hydrogen) atoms. The molecular weight excluding hydrogens is 640 g/mol. The van der Waals surface area contributed by atoms with E-state index in [1.54, 1.807) is 0 Å². The highest BCUT2D eigenvalue weighted by molar-refractivity contribution is 9.09. The number of ether oxygens (including phenoxy) is 2. The maximum Gasteiger partial charge on any atom is 0.119 e. The molecule has 0 aliphatic carbocycles. The molecule has 0 spiro atoms. The van der Waals surface area contributed by atoms with Gasteiger partial charge in [0.25, 0.3) is 0 Å². The summed E-state index contributed by atoms with van der Waals surface area (Å²) in [6.45, 7) is 3.91. The molecule has 2 nitrogen and oxygen atoms in total. The van der Waals surface area contributed by atoms with Crippen molar-refractivity contribution in [3.05, 3.63) is 72.8 Å². The Hall–Kier alpha value is -2.26. The van der Waals surface area contributed by atoms with Crippen LogP contribution in [0.1, 0.15) is 148 Å². The Kier molecular flexibility index (Phi) is 22.2. The molecule has 0 radical (unpaired) electrons. The normalized spacial score (nSPS) is 11.2. The van der Waals surface area contributed by atoms with Gasteiger partial charge in [-0.1, -0.05) is 193 Å². The second-order valence-corrected chi connectivity index (χ2v) is 14.2. The number of rotatable bonds is 29. The summed E-state index contributed by atoms with van der Waals surface area (Å²) in [5.41, 5.74) is 4.90. The molecule has 0 aliphatic rings. The first kappa shape index (κ1) is 39.2. The Morgan fingerprint density at radius 3 is 0.894 bits per heavy atom. The molecule has 0 unspecified atom stereocenters. The number of hydrogen-bond donors (Lipinski definition) is 0. The molecule has 0 atom stereocenters. The third-order valence-electron chi connectivity index (χ3n) is 9.32. The molecule has 0 aliphatic heterocycles. The van der Waals surface area contributed by atoms with Crippen molar-refractivity contribution in [1.82, 2.24) is 0 Å². The Bertz CT molecular complexity index is 1120. The number of alkyl halides is 1. The van der Waals surface area contributed by atoms with E-state index in [1.165, 1.54) is 151 Å².